The van der Waals surface area contributed by atoms with Crippen molar-refractivity contribution < 1.29 is 4.74 Å². The lowest BCUT2D eigenvalue weighted by atomic mass is 10.0. The van der Waals surface area contributed by atoms with E-state index < -0.39 is 0 Å². The van der Waals surface area contributed by atoms with Gasteiger partial charge in [0.25, 0.3) is 0 Å². The molecule has 0 saturated carbocycles. The van der Waals surface area contributed by atoms with E-state index in [9.17, 15) is 0 Å². The molecule has 1 nitrogen and oxygen atoms in total. The molecule has 1 aliphatic heterocycles. The van der Waals surface area contributed by atoms with E-state index in [1.807, 2.05) is 0 Å². The Bertz CT molecular complexity index is 108. The number of hydrogen-bond donors (Lipinski definition) is 0. The summed E-state index contributed by atoms with van der Waals surface area (Å²) in [6.07, 6.45) is 8.91. The van der Waals surface area contributed by atoms with Crippen molar-refractivity contribution in [3.63, 3.8) is 0 Å². The zero-order chi connectivity index (χ0) is 8.81. The first-order valence-electron chi connectivity index (χ1n) is 5.44. The van der Waals surface area contributed by atoms with Crippen molar-refractivity contribution in [2.75, 3.05) is 6.61 Å². The van der Waals surface area contributed by atoms with E-state index in [4.69, 9.17) is 4.74 Å². The minimum atomic E-state index is 0.647. The number of ether oxygens (including phenoxy) is 1. The second-order valence-corrected chi connectivity index (χ2v) is 4.11. The monoisotopic (exact) mass is 170 g/mol. The van der Waals surface area contributed by atoms with Crippen LogP contribution in [0.3, 0.4) is 0 Å². The van der Waals surface area contributed by atoms with Crippen LogP contribution < -0.4 is 0 Å². The minimum absolute atomic E-state index is 0.647. The van der Waals surface area contributed by atoms with Gasteiger partial charge in [0, 0.05) is 0 Å². The predicted octanol–water partition coefficient (Wildman–Crippen LogP) is 3.38. The second-order valence-electron chi connectivity index (χ2n) is 4.11. The minimum Gasteiger partial charge on any atom is -0.373 e. The molecule has 1 fully saturated rings. The van der Waals surface area contributed by atoms with Gasteiger partial charge in [-0.1, -0.05) is 46.0 Å². The Hall–Kier alpha value is -0.0400. The molecule has 0 radical (unpaired) electrons. The molecule has 1 heteroatoms. The summed E-state index contributed by atoms with van der Waals surface area (Å²) in [6, 6.07) is 0. The summed E-state index contributed by atoms with van der Waals surface area (Å²) in [7, 11) is 0. The normalized spacial score (nSPS) is 24.0. The van der Waals surface area contributed by atoms with E-state index in [1.54, 1.807) is 0 Å². The molecule has 72 valence electrons. The average Bonchev–Trinajstić information content (AvgIpc) is 2.87. The van der Waals surface area contributed by atoms with Crippen molar-refractivity contribution in [2.24, 2.45) is 5.92 Å². The van der Waals surface area contributed by atoms with Crippen molar-refractivity contribution in [1.82, 2.24) is 0 Å². The van der Waals surface area contributed by atoms with Gasteiger partial charge in [-0.15, -0.1) is 0 Å². The van der Waals surface area contributed by atoms with E-state index in [0.29, 0.717) is 6.10 Å². The van der Waals surface area contributed by atoms with Crippen LogP contribution in [0.25, 0.3) is 0 Å². The largest absolute Gasteiger partial charge is 0.373 e. The van der Waals surface area contributed by atoms with Crippen molar-refractivity contribution in [3.8, 4) is 0 Å². The fourth-order valence-corrected chi connectivity index (χ4v) is 1.48. The zero-order valence-electron chi connectivity index (χ0n) is 8.51. The smallest absolute Gasteiger partial charge is 0.0810 e. The standard InChI is InChI=1S/C11H22O/c1-3-10(2)7-5-4-6-8-11-9-12-11/h10-11H,3-9H2,1-2H3. The summed E-state index contributed by atoms with van der Waals surface area (Å²) < 4.78 is 5.16. The van der Waals surface area contributed by atoms with E-state index in [1.165, 1.54) is 38.5 Å². The van der Waals surface area contributed by atoms with Gasteiger partial charge >= 0.3 is 0 Å². The third-order valence-corrected chi connectivity index (χ3v) is 2.82. The van der Waals surface area contributed by atoms with Gasteiger partial charge in [0.15, 0.2) is 0 Å². The fourth-order valence-electron chi connectivity index (χ4n) is 1.48. The summed E-state index contributed by atoms with van der Waals surface area (Å²) in [4.78, 5) is 0. The van der Waals surface area contributed by atoms with Gasteiger partial charge < -0.3 is 4.74 Å². The van der Waals surface area contributed by atoms with Gasteiger partial charge in [-0.05, 0) is 12.3 Å². The van der Waals surface area contributed by atoms with E-state index in [0.717, 1.165) is 12.5 Å². The highest BCUT2D eigenvalue weighted by Crippen LogP contribution is 2.19. The first-order chi connectivity index (χ1) is 5.83. The van der Waals surface area contributed by atoms with E-state index in [-0.39, 0.29) is 0 Å². The molecule has 0 amide bonds. The van der Waals surface area contributed by atoms with Crippen LogP contribution in [0.4, 0.5) is 0 Å². The van der Waals surface area contributed by atoms with Gasteiger partial charge in [0.1, 0.15) is 0 Å². The summed E-state index contributed by atoms with van der Waals surface area (Å²) >= 11 is 0. The van der Waals surface area contributed by atoms with Crippen molar-refractivity contribution in [1.29, 1.82) is 0 Å². The molecular weight excluding hydrogens is 148 g/mol. The Balaban J connectivity index is 1.75. The molecule has 0 N–H and O–H groups in total. The molecule has 1 heterocycles. The predicted molar refractivity (Wildman–Crippen MR) is 52.3 cm³/mol. The molecule has 1 rings (SSSR count). The first kappa shape index (κ1) is 10.0. The van der Waals surface area contributed by atoms with Crippen LogP contribution >= 0.6 is 0 Å². The maximum atomic E-state index is 5.16. The number of rotatable bonds is 7. The Morgan fingerprint density at radius 1 is 1.33 bits per heavy atom. The molecule has 0 aromatic rings. The van der Waals surface area contributed by atoms with Crippen LogP contribution in [0.2, 0.25) is 0 Å². The first-order valence-corrected chi connectivity index (χ1v) is 5.44. The molecule has 2 atom stereocenters. The fraction of sp³-hybridized carbons (Fsp3) is 1.00. The van der Waals surface area contributed by atoms with Crippen LogP contribution in [0.15, 0.2) is 0 Å². The van der Waals surface area contributed by atoms with Crippen molar-refractivity contribution in [3.05, 3.63) is 0 Å². The lowest BCUT2D eigenvalue weighted by molar-refractivity contribution is 0.384. The highest BCUT2D eigenvalue weighted by Gasteiger charge is 2.20. The lowest BCUT2D eigenvalue weighted by Gasteiger charge is -2.06. The molecule has 12 heavy (non-hydrogen) atoms. The number of hydrogen-bond acceptors (Lipinski definition) is 1. The highest BCUT2D eigenvalue weighted by atomic mass is 16.6. The maximum absolute atomic E-state index is 5.16. The van der Waals surface area contributed by atoms with Gasteiger partial charge in [-0.25, -0.2) is 0 Å². The Labute approximate surface area is 76.5 Å². The molecule has 1 saturated heterocycles. The SMILES string of the molecule is CCC(C)CCCCCC1CO1. The zero-order valence-corrected chi connectivity index (χ0v) is 8.51. The quantitative estimate of drug-likeness (QED) is 0.421. The Morgan fingerprint density at radius 3 is 2.67 bits per heavy atom. The van der Waals surface area contributed by atoms with Crippen LogP contribution in [0, 0.1) is 5.92 Å². The topological polar surface area (TPSA) is 12.5 Å². The van der Waals surface area contributed by atoms with Gasteiger partial charge in [-0.3, -0.25) is 0 Å². The van der Waals surface area contributed by atoms with E-state index in [2.05, 4.69) is 13.8 Å². The van der Waals surface area contributed by atoms with Crippen LogP contribution in [0.5, 0.6) is 0 Å². The highest BCUT2D eigenvalue weighted by molar-refractivity contribution is 4.68. The summed E-state index contributed by atoms with van der Waals surface area (Å²) in [5, 5.41) is 0. The Morgan fingerprint density at radius 2 is 2.08 bits per heavy atom. The van der Waals surface area contributed by atoms with Crippen molar-refractivity contribution >= 4 is 0 Å². The molecule has 0 aliphatic carbocycles. The van der Waals surface area contributed by atoms with Crippen LogP contribution in [-0.4, -0.2) is 12.7 Å². The molecule has 0 aromatic carbocycles. The third kappa shape index (κ3) is 4.76. The third-order valence-electron chi connectivity index (χ3n) is 2.82. The van der Waals surface area contributed by atoms with Crippen LogP contribution in [-0.2, 0) is 4.74 Å². The van der Waals surface area contributed by atoms with Crippen molar-refractivity contribution in [2.45, 2.75) is 58.5 Å². The summed E-state index contributed by atoms with van der Waals surface area (Å²) in [5.41, 5.74) is 0. The molecule has 1 aliphatic rings. The average molecular weight is 170 g/mol. The second kappa shape index (κ2) is 5.58. The Kier molecular flexibility index (Phi) is 4.67. The molecule has 0 spiro atoms. The molecular formula is C11H22O. The lowest BCUT2D eigenvalue weighted by Crippen LogP contribution is -1.92. The summed E-state index contributed by atoms with van der Waals surface area (Å²) in [6.45, 7) is 5.66. The van der Waals surface area contributed by atoms with Gasteiger partial charge in [0.2, 0.25) is 0 Å². The molecule has 0 aromatic heterocycles. The number of epoxide rings is 1. The molecule has 0 bridgehead atoms. The summed E-state index contributed by atoms with van der Waals surface area (Å²) in [5.74, 6) is 0.933. The number of unbranched alkanes of at least 4 members (excludes halogenated alkanes) is 2. The maximum Gasteiger partial charge on any atom is 0.0810 e. The van der Waals surface area contributed by atoms with E-state index >= 15 is 0 Å². The van der Waals surface area contributed by atoms with Crippen LogP contribution in [0.1, 0.15) is 52.4 Å². The molecule has 2 unspecified atom stereocenters. The van der Waals surface area contributed by atoms with Gasteiger partial charge in [-0.2, -0.15) is 0 Å². The van der Waals surface area contributed by atoms with Gasteiger partial charge in [0.05, 0.1) is 12.7 Å².